The monoisotopic (exact) mass is 316 g/mol. The molecule has 1 spiro atoms. The molecule has 1 aromatic heterocycles. The molecule has 2 saturated heterocycles. The Morgan fingerprint density at radius 3 is 2.78 bits per heavy atom. The number of aryl methyl sites for hydroxylation is 1. The zero-order chi connectivity index (χ0) is 16.4. The van der Waals surface area contributed by atoms with E-state index in [1.54, 1.807) is 0 Å². The van der Waals surface area contributed by atoms with Crippen molar-refractivity contribution in [2.45, 2.75) is 77.1 Å². The first-order valence-electron chi connectivity index (χ1n) is 8.88. The molecule has 0 amide bonds. The summed E-state index contributed by atoms with van der Waals surface area (Å²) < 4.78 is 8.18. The lowest BCUT2D eigenvalue weighted by atomic mass is 9.79. The van der Waals surface area contributed by atoms with Crippen molar-refractivity contribution in [2.75, 3.05) is 13.2 Å². The number of nitriles is 1. The van der Waals surface area contributed by atoms with Gasteiger partial charge in [-0.05, 0) is 59.4 Å². The van der Waals surface area contributed by atoms with Gasteiger partial charge in [-0.15, -0.1) is 0 Å². The van der Waals surface area contributed by atoms with E-state index in [-0.39, 0.29) is 11.6 Å². The summed E-state index contributed by atoms with van der Waals surface area (Å²) >= 11 is 0. The minimum absolute atomic E-state index is 0.140. The normalized spacial score (nSPS) is 29.1. The lowest BCUT2D eigenvalue weighted by Crippen LogP contribution is -2.58. The molecule has 5 nitrogen and oxygen atoms in total. The average molecular weight is 316 g/mol. The SMILES string of the molecule is Cc1nn(C(C)C)cc1CN1CCC[C@]2(CCCCO2)[C@@H]1C#N. The van der Waals surface area contributed by atoms with E-state index in [0.717, 1.165) is 51.1 Å². The van der Waals surface area contributed by atoms with Crippen molar-refractivity contribution in [1.29, 1.82) is 5.26 Å². The Bertz CT molecular complexity index is 575. The van der Waals surface area contributed by atoms with Crippen molar-refractivity contribution >= 4 is 0 Å². The Morgan fingerprint density at radius 2 is 2.17 bits per heavy atom. The molecule has 1 aromatic rings. The van der Waals surface area contributed by atoms with E-state index in [4.69, 9.17) is 4.74 Å². The van der Waals surface area contributed by atoms with Crippen molar-refractivity contribution in [1.82, 2.24) is 14.7 Å². The van der Waals surface area contributed by atoms with Crippen molar-refractivity contribution in [3.8, 4) is 6.07 Å². The molecule has 3 rings (SSSR count). The predicted molar refractivity (Wildman–Crippen MR) is 88.9 cm³/mol. The number of rotatable bonds is 3. The van der Waals surface area contributed by atoms with Gasteiger partial charge in [-0.3, -0.25) is 9.58 Å². The third-order valence-corrected chi connectivity index (χ3v) is 5.34. The fourth-order valence-electron chi connectivity index (χ4n) is 3.99. The lowest BCUT2D eigenvalue weighted by Gasteiger charge is -2.48. The first-order valence-corrected chi connectivity index (χ1v) is 8.88. The van der Waals surface area contributed by atoms with E-state index in [9.17, 15) is 5.26 Å². The van der Waals surface area contributed by atoms with E-state index < -0.39 is 0 Å². The third-order valence-electron chi connectivity index (χ3n) is 5.34. The van der Waals surface area contributed by atoms with Gasteiger partial charge >= 0.3 is 0 Å². The van der Waals surface area contributed by atoms with Gasteiger partial charge in [0.05, 0.1) is 17.4 Å². The van der Waals surface area contributed by atoms with Crippen molar-refractivity contribution in [3.63, 3.8) is 0 Å². The van der Waals surface area contributed by atoms with Gasteiger partial charge in [-0.2, -0.15) is 10.4 Å². The topological polar surface area (TPSA) is 54.1 Å². The van der Waals surface area contributed by atoms with Crippen LogP contribution in [0, 0.1) is 18.3 Å². The molecule has 0 N–H and O–H groups in total. The maximum Gasteiger partial charge on any atom is 0.127 e. The highest BCUT2D eigenvalue weighted by Gasteiger charge is 2.46. The van der Waals surface area contributed by atoms with Crippen LogP contribution in [-0.4, -0.2) is 39.5 Å². The van der Waals surface area contributed by atoms with Crippen molar-refractivity contribution < 1.29 is 4.74 Å². The molecule has 2 fully saturated rings. The van der Waals surface area contributed by atoms with Crippen LogP contribution >= 0.6 is 0 Å². The molecule has 0 aliphatic carbocycles. The van der Waals surface area contributed by atoms with Crippen LogP contribution in [0.3, 0.4) is 0 Å². The van der Waals surface area contributed by atoms with Crippen LogP contribution in [0.1, 0.15) is 63.3 Å². The van der Waals surface area contributed by atoms with E-state index in [1.807, 2.05) is 4.68 Å². The van der Waals surface area contributed by atoms with Gasteiger partial charge in [0.25, 0.3) is 0 Å². The molecule has 0 unspecified atom stereocenters. The highest BCUT2D eigenvalue weighted by atomic mass is 16.5. The van der Waals surface area contributed by atoms with Crippen LogP contribution < -0.4 is 0 Å². The molecule has 2 aliphatic heterocycles. The Hall–Kier alpha value is -1.38. The summed E-state index contributed by atoms with van der Waals surface area (Å²) in [6.45, 7) is 8.90. The number of aromatic nitrogens is 2. The number of nitrogens with zero attached hydrogens (tertiary/aromatic N) is 4. The molecule has 0 saturated carbocycles. The van der Waals surface area contributed by atoms with E-state index in [1.165, 1.54) is 12.0 Å². The highest BCUT2D eigenvalue weighted by Crippen LogP contribution is 2.39. The maximum atomic E-state index is 9.83. The van der Waals surface area contributed by atoms with Gasteiger partial charge in [-0.25, -0.2) is 0 Å². The zero-order valence-corrected chi connectivity index (χ0v) is 14.6. The minimum Gasteiger partial charge on any atom is -0.372 e. The Labute approximate surface area is 139 Å². The maximum absolute atomic E-state index is 9.83. The molecule has 0 radical (unpaired) electrons. The number of likely N-dealkylation sites (tertiary alicyclic amines) is 1. The van der Waals surface area contributed by atoms with Crippen LogP contribution in [0.25, 0.3) is 0 Å². The summed E-state index contributed by atoms with van der Waals surface area (Å²) in [7, 11) is 0. The second kappa shape index (κ2) is 6.62. The summed E-state index contributed by atoms with van der Waals surface area (Å²) in [5.74, 6) is 0. The number of hydrogen-bond acceptors (Lipinski definition) is 4. The molecule has 2 atom stereocenters. The molecule has 0 aromatic carbocycles. The molecule has 126 valence electrons. The Kier molecular flexibility index (Phi) is 4.74. The predicted octanol–water partition coefficient (Wildman–Crippen LogP) is 3.20. The zero-order valence-electron chi connectivity index (χ0n) is 14.6. The number of piperidine rings is 1. The second-order valence-corrected chi connectivity index (χ2v) is 7.29. The van der Waals surface area contributed by atoms with Crippen LogP contribution in [0.5, 0.6) is 0 Å². The molecule has 3 heterocycles. The average Bonchev–Trinajstić information content (AvgIpc) is 2.90. The van der Waals surface area contributed by atoms with Crippen LogP contribution in [-0.2, 0) is 11.3 Å². The number of ether oxygens (including phenoxy) is 1. The molecule has 0 bridgehead atoms. The summed E-state index contributed by atoms with van der Waals surface area (Å²) in [5, 5.41) is 14.4. The van der Waals surface area contributed by atoms with E-state index in [2.05, 4.69) is 43.0 Å². The summed E-state index contributed by atoms with van der Waals surface area (Å²) in [6.07, 6.45) is 7.58. The smallest absolute Gasteiger partial charge is 0.127 e. The van der Waals surface area contributed by atoms with E-state index >= 15 is 0 Å². The summed E-state index contributed by atoms with van der Waals surface area (Å²) in [4.78, 5) is 2.31. The van der Waals surface area contributed by atoms with Gasteiger partial charge in [-0.1, -0.05) is 0 Å². The molecular weight excluding hydrogens is 288 g/mol. The summed E-state index contributed by atoms with van der Waals surface area (Å²) in [6, 6.07) is 2.78. The number of hydrogen-bond donors (Lipinski definition) is 0. The highest BCUT2D eigenvalue weighted by molar-refractivity contribution is 5.18. The molecule has 23 heavy (non-hydrogen) atoms. The Morgan fingerprint density at radius 1 is 1.39 bits per heavy atom. The van der Waals surface area contributed by atoms with E-state index in [0.29, 0.717) is 6.04 Å². The van der Waals surface area contributed by atoms with Gasteiger partial charge in [0.1, 0.15) is 6.04 Å². The lowest BCUT2D eigenvalue weighted by molar-refractivity contribution is -0.138. The van der Waals surface area contributed by atoms with Crippen LogP contribution in [0.15, 0.2) is 6.20 Å². The van der Waals surface area contributed by atoms with Crippen LogP contribution in [0.2, 0.25) is 0 Å². The summed E-state index contributed by atoms with van der Waals surface area (Å²) in [5.41, 5.74) is 2.05. The third kappa shape index (κ3) is 3.15. The fraction of sp³-hybridized carbons (Fsp3) is 0.778. The van der Waals surface area contributed by atoms with Gasteiger partial charge in [0.2, 0.25) is 0 Å². The molecule has 2 aliphatic rings. The largest absolute Gasteiger partial charge is 0.372 e. The molecular formula is C18H28N4O. The first kappa shape index (κ1) is 16.5. The fourth-order valence-corrected chi connectivity index (χ4v) is 3.99. The second-order valence-electron chi connectivity index (χ2n) is 7.29. The quantitative estimate of drug-likeness (QED) is 0.859. The van der Waals surface area contributed by atoms with Crippen molar-refractivity contribution in [2.24, 2.45) is 0 Å². The van der Waals surface area contributed by atoms with Crippen molar-refractivity contribution in [3.05, 3.63) is 17.5 Å². The van der Waals surface area contributed by atoms with Gasteiger partial charge in [0, 0.05) is 31.0 Å². The minimum atomic E-state index is -0.243. The van der Waals surface area contributed by atoms with Gasteiger partial charge in [0.15, 0.2) is 0 Å². The van der Waals surface area contributed by atoms with Crippen LogP contribution in [0.4, 0.5) is 0 Å². The standard InChI is InChI=1S/C18H28N4O/c1-14(2)22-13-16(15(3)20-22)12-21-9-6-8-18(17(21)11-19)7-4-5-10-23-18/h13-14,17H,4-10,12H2,1-3H3/t17-,18+/m0/s1. The molecule has 5 heteroatoms. The Balaban J connectivity index is 1.80. The first-order chi connectivity index (χ1) is 11.1. The van der Waals surface area contributed by atoms with Gasteiger partial charge < -0.3 is 4.74 Å².